The normalized spacial score (nSPS) is 13.8. The van der Waals surface area contributed by atoms with Crippen LogP contribution in [0.5, 0.6) is 11.5 Å². The number of rotatable bonds is 6. The van der Waals surface area contributed by atoms with Crippen molar-refractivity contribution in [1.82, 2.24) is 4.90 Å². The van der Waals surface area contributed by atoms with Crippen molar-refractivity contribution in [3.05, 3.63) is 47.4 Å². The molecule has 0 bridgehead atoms. The van der Waals surface area contributed by atoms with Gasteiger partial charge in [-0.3, -0.25) is 4.90 Å². The molecular formula is C18H23NO4. The fraction of sp³-hybridized carbons (Fsp3) is 0.444. The molecule has 23 heavy (non-hydrogen) atoms. The molecule has 124 valence electrons. The molecule has 0 fully saturated rings. The Kier molecular flexibility index (Phi) is 4.33. The van der Waals surface area contributed by atoms with Crippen LogP contribution in [-0.4, -0.2) is 28.9 Å². The third-order valence-corrected chi connectivity index (χ3v) is 3.63. The zero-order chi connectivity index (χ0) is 16.4. The van der Waals surface area contributed by atoms with Crippen molar-refractivity contribution in [2.24, 2.45) is 0 Å². The van der Waals surface area contributed by atoms with E-state index in [1.807, 2.05) is 51.1 Å². The van der Waals surface area contributed by atoms with Crippen LogP contribution in [0.3, 0.4) is 0 Å². The van der Waals surface area contributed by atoms with Gasteiger partial charge >= 0.3 is 0 Å². The minimum atomic E-state index is -0.780. The molecule has 0 saturated heterocycles. The Balaban J connectivity index is 1.74. The summed E-state index contributed by atoms with van der Waals surface area (Å²) in [6.45, 7) is 7.72. The van der Waals surface area contributed by atoms with Crippen LogP contribution in [0.25, 0.3) is 0 Å². The maximum atomic E-state index is 10.2. The van der Waals surface area contributed by atoms with Crippen molar-refractivity contribution in [2.45, 2.75) is 39.5 Å². The second-order valence-corrected chi connectivity index (χ2v) is 6.66. The van der Waals surface area contributed by atoms with E-state index in [4.69, 9.17) is 13.9 Å². The van der Waals surface area contributed by atoms with Crippen molar-refractivity contribution in [2.75, 3.05) is 13.3 Å². The quantitative estimate of drug-likeness (QED) is 0.887. The molecule has 5 heteroatoms. The van der Waals surface area contributed by atoms with E-state index in [1.54, 1.807) is 0 Å². The molecule has 0 atom stereocenters. The molecule has 0 saturated carbocycles. The lowest BCUT2D eigenvalue weighted by Crippen LogP contribution is -2.37. The van der Waals surface area contributed by atoms with E-state index >= 15 is 0 Å². The molecule has 0 unspecified atom stereocenters. The summed E-state index contributed by atoms with van der Waals surface area (Å²) in [6.07, 6.45) is 0. The van der Waals surface area contributed by atoms with Crippen molar-refractivity contribution < 1.29 is 19.0 Å². The van der Waals surface area contributed by atoms with Gasteiger partial charge in [-0.05, 0) is 50.6 Å². The SMILES string of the molecule is Cc1ccc(CN(Cc2ccc3c(c2)OCO3)CC(C)(C)O)o1. The molecule has 1 aliphatic heterocycles. The Bertz CT molecular complexity index is 672. The van der Waals surface area contributed by atoms with Gasteiger partial charge in [0.1, 0.15) is 11.5 Å². The Hall–Kier alpha value is -1.98. The molecule has 0 radical (unpaired) electrons. The smallest absolute Gasteiger partial charge is 0.231 e. The van der Waals surface area contributed by atoms with Crippen molar-refractivity contribution in [3.8, 4) is 11.5 Å². The molecule has 1 N–H and O–H groups in total. The van der Waals surface area contributed by atoms with Crippen LogP contribution in [0.1, 0.15) is 30.9 Å². The maximum absolute atomic E-state index is 10.2. The van der Waals surface area contributed by atoms with Gasteiger partial charge in [-0.25, -0.2) is 0 Å². The number of fused-ring (bicyclic) bond motifs is 1. The third-order valence-electron chi connectivity index (χ3n) is 3.63. The summed E-state index contributed by atoms with van der Waals surface area (Å²) in [6, 6.07) is 9.88. The monoisotopic (exact) mass is 317 g/mol. The van der Waals surface area contributed by atoms with Gasteiger partial charge in [-0.2, -0.15) is 0 Å². The fourth-order valence-electron chi connectivity index (χ4n) is 2.80. The van der Waals surface area contributed by atoms with Gasteiger partial charge < -0.3 is 19.0 Å². The molecule has 5 nitrogen and oxygen atoms in total. The molecule has 2 aromatic rings. The van der Waals surface area contributed by atoms with Crippen molar-refractivity contribution in [1.29, 1.82) is 0 Å². The number of hydrogen-bond acceptors (Lipinski definition) is 5. The van der Waals surface area contributed by atoms with E-state index < -0.39 is 5.60 Å². The molecule has 0 spiro atoms. The van der Waals surface area contributed by atoms with Crippen LogP contribution in [0, 0.1) is 6.92 Å². The first kappa shape index (κ1) is 15.9. The largest absolute Gasteiger partial charge is 0.465 e. The number of nitrogens with zero attached hydrogens (tertiary/aromatic N) is 1. The molecule has 1 aromatic carbocycles. The van der Waals surface area contributed by atoms with Crippen LogP contribution in [-0.2, 0) is 13.1 Å². The lowest BCUT2D eigenvalue weighted by molar-refractivity contribution is 0.0285. The molecular weight excluding hydrogens is 294 g/mol. The van der Waals surface area contributed by atoms with Crippen LogP contribution in [0.4, 0.5) is 0 Å². The van der Waals surface area contributed by atoms with Gasteiger partial charge in [0, 0.05) is 13.1 Å². The van der Waals surface area contributed by atoms with Gasteiger partial charge in [0.25, 0.3) is 0 Å². The summed E-state index contributed by atoms with van der Waals surface area (Å²) < 4.78 is 16.5. The van der Waals surface area contributed by atoms with Gasteiger partial charge in [0.2, 0.25) is 6.79 Å². The van der Waals surface area contributed by atoms with Crippen LogP contribution >= 0.6 is 0 Å². The highest BCUT2D eigenvalue weighted by Crippen LogP contribution is 2.33. The summed E-state index contributed by atoms with van der Waals surface area (Å²) in [5, 5.41) is 10.2. The van der Waals surface area contributed by atoms with Gasteiger partial charge in [0.15, 0.2) is 11.5 Å². The minimum Gasteiger partial charge on any atom is -0.465 e. The molecule has 1 aromatic heterocycles. The van der Waals surface area contributed by atoms with Crippen LogP contribution in [0.2, 0.25) is 0 Å². The number of furan rings is 1. The number of hydrogen-bond donors (Lipinski definition) is 1. The zero-order valence-corrected chi connectivity index (χ0v) is 13.8. The fourth-order valence-corrected chi connectivity index (χ4v) is 2.80. The van der Waals surface area contributed by atoms with Crippen molar-refractivity contribution in [3.63, 3.8) is 0 Å². The van der Waals surface area contributed by atoms with E-state index in [-0.39, 0.29) is 6.79 Å². The second-order valence-electron chi connectivity index (χ2n) is 6.66. The van der Waals surface area contributed by atoms with Gasteiger partial charge in [-0.1, -0.05) is 6.07 Å². The summed E-state index contributed by atoms with van der Waals surface area (Å²) >= 11 is 0. The van der Waals surface area contributed by atoms with E-state index in [1.165, 1.54) is 0 Å². The Morgan fingerprint density at radius 1 is 1.09 bits per heavy atom. The Morgan fingerprint density at radius 3 is 2.57 bits per heavy atom. The zero-order valence-electron chi connectivity index (χ0n) is 13.8. The highest BCUT2D eigenvalue weighted by Gasteiger charge is 2.21. The first-order valence-electron chi connectivity index (χ1n) is 7.78. The lowest BCUT2D eigenvalue weighted by Gasteiger charge is -2.28. The van der Waals surface area contributed by atoms with Gasteiger partial charge in [-0.15, -0.1) is 0 Å². The number of aryl methyl sites for hydroxylation is 1. The van der Waals surface area contributed by atoms with E-state index in [0.29, 0.717) is 19.6 Å². The number of benzene rings is 1. The minimum absolute atomic E-state index is 0.276. The molecule has 0 amide bonds. The Labute approximate surface area is 136 Å². The first-order valence-corrected chi connectivity index (χ1v) is 7.78. The molecule has 0 aliphatic carbocycles. The average molecular weight is 317 g/mol. The Morgan fingerprint density at radius 2 is 1.87 bits per heavy atom. The molecule has 2 heterocycles. The predicted molar refractivity (Wildman–Crippen MR) is 86.4 cm³/mol. The predicted octanol–water partition coefficient (Wildman–Crippen LogP) is 3.09. The number of ether oxygens (including phenoxy) is 2. The van der Waals surface area contributed by atoms with Crippen LogP contribution < -0.4 is 9.47 Å². The molecule has 3 rings (SSSR count). The summed E-state index contributed by atoms with van der Waals surface area (Å²) in [7, 11) is 0. The maximum Gasteiger partial charge on any atom is 0.231 e. The summed E-state index contributed by atoms with van der Waals surface area (Å²) in [5.41, 5.74) is 0.333. The standard InChI is InChI=1S/C18H23NO4/c1-13-4-6-15(23-13)10-19(11-18(2,3)20)9-14-5-7-16-17(8-14)22-12-21-16/h4-8,20H,9-12H2,1-3H3. The van der Waals surface area contributed by atoms with Crippen molar-refractivity contribution >= 4 is 0 Å². The molecule has 1 aliphatic rings. The van der Waals surface area contributed by atoms with E-state index in [2.05, 4.69) is 4.90 Å². The highest BCUT2D eigenvalue weighted by molar-refractivity contribution is 5.44. The van der Waals surface area contributed by atoms with E-state index in [9.17, 15) is 5.11 Å². The van der Waals surface area contributed by atoms with Gasteiger partial charge in [0.05, 0.1) is 12.1 Å². The van der Waals surface area contributed by atoms with E-state index in [0.717, 1.165) is 28.6 Å². The highest BCUT2D eigenvalue weighted by atomic mass is 16.7. The van der Waals surface area contributed by atoms with Crippen LogP contribution in [0.15, 0.2) is 34.7 Å². The second kappa shape index (κ2) is 6.26. The third kappa shape index (κ3) is 4.27. The topological polar surface area (TPSA) is 55.1 Å². The number of aliphatic hydroxyl groups is 1. The summed E-state index contributed by atoms with van der Waals surface area (Å²) in [5.74, 6) is 3.35. The first-order chi connectivity index (χ1) is 10.9. The average Bonchev–Trinajstić information content (AvgIpc) is 3.05. The lowest BCUT2D eigenvalue weighted by atomic mass is 10.1. The summed E-state index contributed by atoms with van der Waals surface area (Å²) in [4.78, 5) is 2.16.